The second kappa shape index (κ2) is 6.63. The summed E-state index contributed by atoms with van der Waals surface area (Å²) in [4.78, 5) is 16.9. The molecule has 1 rings (SSSR count). The van der Waals surface area contributed by atoms with E-state index >= 15 is 0 Å². The molecule has 1 aliphatic rings. The van der Waals surface area contributed by atoms with Crippen molar-refractivity contribution >= 4 is 6.09 Å². The largest absolute Gasteiger partial charge is 0.465 e. The van der Waals surface area contributed by atoms with Gasteiger partial charge in [0.1, 0.15) is 0 Å². The lowest BCUT2D eigenvalue weighted by Crippen LogP contribution is -2.35. The van der Waals surface area contributed by atoms with E-state index in [2.05, 4.69) is 5.48 Å². The van der Waals surface area contributed by atoms with E-state index in [0.29, 0.717) is 19.2 Å². The van der Waals surface area contributed by atoms with E-state index in [0.717, 1.165) is 12.8 Å². The van der Waals surface area contributed by atoms with Gasteiger partial charge < -0.3 is 10.0 Å². The highest BCUT2D eigenvalue weighted by Gasteiger charge is 2.12. The first-order valence-electron chi connectivity index (χ1n) is 5.51. The maximum Gasteiger partial charge on any atom is 0.407 e. The molecule has 2 N–H and O–H groups in total. The average Bonchev–Trinajstić information content (AvgIpc) is 2.25. The maximum atomic E-state index is 10.4. The van der Waals surface area contributed by atoms with Crippen molar-refractivity contribution in [2.45, 2.75) is 38.1 Å². The van der Waals surface area contributed by atoms with Crippen LogP contribution >= 0.6 is 0 Å². The van der Waals surface area contributed by atoms with Gasteiger partial charge in [-0.1, -0.05) is 19.3 Å². The Labute approximate surface area is 90.4 Å². The standard InChI is InChI=1S/C10H20N2O3/c1-12(10(13)14)7-8-15-11-9-5-3-2-4-6-9/h9,11H,2-8H2,1H3,(H,13,14). The third-order valence-corrected chi connectivity index (χ3v) is 2.71. The summed E-state index contributed by atoms with van der Waals surface area (Å²) in [5.41, 5.74) is 3.00. The second-order valence-corrected chi connectivity index (χ2v) is 4.01. The van der Waals surface area contributed by atoms with Crippen molar-refractivity contribution < 1.29 is 14.7 Å². The molecule has 5 heteroatoms. The van der Waals surface area contributed by atoms with E-state index in [9.17, 15) is 4.79 Å². The van der Waals surface area contributed by atoms with Crippen molar-refractivity contribution in [3.8, 4) is 0 Å². The normalized spacial score (nSPS) is 17.7. The van der Waals surface area contributed by atoms with Crippen LogP contribution < -0.4 is 5.48 Å². The molecule has 0 bridgehead atoms. The molecule has 0 aromatic carbocycles. The van der Waals surface area contributed by atoms with Crippen molar-refractivity contribution in [3.63, 3.8) is 0 Å². The van der Waals surface area contributed by atoms with Crippen LogP contribution in [-0.2, 0) is 4.84 Å². The number of carbonyl (C=O) groups is 1. The SMILES string of the molecule is CN(CCONC1CCCCC1)C(=O)O. The van der Waals surface area contributed by atoms with Crippen LogP contribution in [0.15, 0.2) is 0 Å². The zero-order valence-corrected chi connectivity index (χ0v) is 9.24. The Balaban J connectivity index is 1.98. The number of rotatable bonds is 5. The van der Waals surface area contributed by atoms with Gasteiger partial charge in [-0.15, -0.1) is 0 Å². The third-order valence-electron chi connectivity index (χ3n) is 2.71. The molecule has 5 nitrogen and oxygen atoms in total. The highest BCUT2D eigenvalue weighted by molar-refractivity contribution is 5.64. The van der Waals surface area contributed by atoms with Gasteiger partial charge in [0.2, 0.25) is 0 Å². The van der Waals surface area contributed by atoms with E-state index < -0.39 is 6.09 Å². The molecule has 15 heavy (non-hydrogen) atoms. The van der Waals surface area contributed by atoms with Crippen molar-refractivity contribution in [1.82, 2.24) is 10.4 Å². The van der Waals surface area contributed by atoms with Crippen molar-refractivity contribution in [2.75, 3.05) is 20.2 Å². The number of likely N-dealkylation sites (N-methyl/N-ethyl adjacent to an activating group) is 1. The number of hydrogen-bond donors (Lipinski definition) is 2. The lowest BCUT2D eigenvalue weighted by atomic mass is 9.96. The number of hydroxylamine groups is 1. The molecule has 0 unspecified atom stereocenters. The molecule has 0 saturated heterocycles. The van der Waals surface area contributed by atoms with Crippen LogP contribution in [0.5, 0.6) is 0 Å². The second-order valence-electron chi connectivity index (χ2n) is 4.01. The monoisotopic (exact) mass is 216 g/mol. The minimum atomic E-state index is -0.920. The first-order valence-corrected chi connectivity index (χ1v) is 5.51. The fourth-order valence-electron chi connectivity index (χ4n) is 1.68. The van der Waals surface area contributed by atoms with E-state index in [-0.39, 0.29) is 0 Å². The zero-order chi connectivity index (χ0) is 11.1. The zero-order valence-electron chi connectivity index (χ0n) is 9.24. The number of amides is 1. The van der Waals surface area contributed by atoms with Crippen molar-refractivity contribution in [3.05, 3.63) is 0 Å². The first-order chi connectivity index (χ1) is 7.20. The molecule has 1 aliphatic carbocycles. The van der Waals surface area contributed by atoms with Crippen molar-refractivity contribution in [1.29, 1.82) is 0 Å². The minimum Gasteiger partial charge on any atom is -0.465 e. The number of carboxylic acid groups (broad SMARTS) is 1. The molecule has 88 valence electrons. The van der Waals surface area contributed by atoms with Gasteiger partial charge in [-0.25, -0.2) is 4.79 Å². The summed E-state index contributed by atoms with van der Waals surface area (Å²) < 4.78 is 0. The molecule has 0 aromatic heterocycles. The van der Waals surface area contributed by atoms with Crippen LogP contribution in [0.1, 0.15) is 32.1 Å². The molecule has 1 amide bonds. The molecule has 0 aromatic rings. The summed E-state index contributed by atoms with van der Waals surface area (Å²) >= 11 is 0. The van der Waals surface area contributed by atoms with E-state index in [1.54, 1.807) is 0 Å². The molecular formula is C10H20N2O3. The molecule has 0 atom stereocenters. The van der Waals surface area contributed by atoms with Crippen LogP contribution in [0.2, 0.25) is 0 Å². The number of hydrogen-bond acceptors (Lipinski definition) is 3. The lowest BCUT2D eigenvalue weighted by Gasteiger charge is -2.22. The lowest BCUT2D eigenvalue weighted by molar-refractivity contribution is 0.0000961. The first kappa shape index (κ1) is 12.3. The van der Waals surface area contributed by atoms with Gasteiger partial charge in [0.25, 0.3) is 0 Å². The summed E-state index contributed by atoms with van der Waals surface area (Å²) in [7, 11) is 1.53. The van der Waals surface area contributed by atoms with Crippen LogP contribution in [0.3, 0.4) is 0 Å². The van der Waals surface area contributed by atoms with Gasteiger partial charge in [-0.2, -0.15) is 5.48 Å². The summed E-state index contributed by atoms with van der Waals surface area (Å²) in [6, 6.07) is 0.453. The molecule has 1 fully saturated rings. The molecular weight excluding hydrogens is 196 g/mol. The molecule has 0 spiro atoms. The Morgan fingerprint density at radius 1 is 1.47 bits per heavy atom. The quantitative estimate of drug-likeness (QED) is 0.539. The Bertz CT molecular complexity index is 193. The Kier molecular flexibility index (Phi) is 5.42. The highest BCUT2D eigenvalue weighted by atomic mass is 16.6. The van der Waals surface area contributed by atoms with Crippen molar-refractivity contribution in [2.24, 2.45) is 0 Å². The number of nitrogens with zero attached hydrogens (tertiary/aromatic N) is 1. The van der Waals surface area contributed by atoms with Gasteiger partial charge >= 0.3 is 6.09 Å². The van der Waals surface area contributed by atoms with Crippen LogP contribution in [0, 0.1) is 0 Å². The average molecular weight is 216 g/mol. The van der Waals surface area contributed by atoms with Gasteiger partial charge in [0, 0.05) is 19.6 Å². The van der Waals surface area contributed by atoms with Gasteiger partial charge in [0.05, 0.1) is 6.61 Å². The smallest absolute Gasteiger partial charge is 0.407 e. The summed E-state index contributed by atoms with van der Waals surface area (Å²) in [5, 5.41) is 8.58. The van der Waals surface area contributed by atoms with Crippen LogP contribution in [0.4, 0.5) is 4.79 Å². The Hall–Kier alpha value is -0.810. The van der Waals surface area contributed by atoms with Gasteiger partial charge in [0.15, 0.2) is 0 Å². The van der Waals surface area contributed by atoms with E-state index in [4.69, 9.17) is 9.94 Å². The minimum absolute atomic E-state index is 0.398. The Morgan fingerprint density at radius 3 is 2.73 bits per heavy atom. The highest BCUT2D eigenvalue weighted by Crippen LogP contribution is 2.17. The number of nitrogens with one attached hydrogen (secondary N) is 1. The fraction of sp³-hybridized carbons (Fsp3) is 0.900. The third kappa shape index (κ3) is 4.99. The summed E-state index contributed by atoms with van der Waals surface area (Å²) in [6.07, 6.45) is 5.24. The van der Waals surface area contributed by atoms with Gasteiger partial charge in [-0.3, -0.25) is 4.84 Å². The van der Waals surface area contributed by atoms with Crippen LogP contribution in [-0.4, -0.2) is 42.3 Å². The summed E-state index contributed by atoms with van der Waals surface area (Å²) in [5.74, 6) is 0. The maximum absolute atomic E-state index is 10.4. The summed E-state index contributed by atoms with van der Waals surface area (Å²) in [6.45, 7) is 0.800. The predicted octanol–water partition coefficient (Wildman–Crippen LogP) is 1.45. The molecule has 1 saturated carbocycles. The van der Waals surface area contributed by atoms with E-state index in [1.807, 2.05) is 0 Å². The predicted molar refractivity (Wildman–Crippen MR) is 56.6 cm³/mol. The van der Waals surface area contributed by atoms with E-state index in [1.165, 1.54) is 31.2 Å². The van der Waals surface area contributed by atoms with Crippen LogP contribution in [0.25, 0.3) is 0 Å². The fourth-order valence-corrected chi connectivity index (χ4v) is 1.68. The molecule has 0 radical (unpaired) electrons. The molecule has 0 aliphatic heterocycles. The molecule has 0 heterocycles. The topological polar surface area (TPSA) is 61.8 Å². The Morgan fingerprint density at radius 2 is 2.13 bits per heavy atom. The van der Waals surface area contributed by atoms with Gasteiger partial charge in [-0.05, 0) is 12.8 Å².